The van der Waals surface area contributed by atoms with E-state index in [9.17, 15) is 4.79 Å². The van der Waals surface area contributed by atoms with Crippen molar-refractivity contribution in [2.45, 2.75) is 26.4 Å². The third-order valence-corrected chi connectivity index (χ3v) is 3.30. The minimum Gasteiger partial charge on any atom is -0.382 e. The quantitative estimate of drug-likeness (QED) is 0.925. The molecule has 0 saturated heterocycles. The molecule has 1 aliphatic rings. The van der Waals surface area contributed by atoms with E-state index in [1.807, 2.05) is 24.3 Å². The second-order valence-corrected chi connectivity index (χ2v) is 5.90. The lowest BCUT2D eigenvalue weighted by Crippen LogP contribution is -2.36. The summed E-state index contributed by atoms with van der Waals surface area (Å²) < 4.78 is 0.986. The summed E-state index contributed by atoms with van der Waals surface area (Å²) in [6.07, 6.45) is 0.00754. The molecule has 0 radical (unpaired) electrons. The number of carbonyl (C=O) groups is 1. The number of oxime groups is 1. The van der Waals surface area contributed by atoms with Gasteiger partial charge in [-0.05, 0) is 18.1 Å². The molecule has 1 heterocycles. The Kier molecular flexibility index (Phi) is 4.58. The Labute approximate surface area is 121 Å². The predicted octanol–water partition coefficient (Wildman–Crippen LogP) is 2.71. The molecule has 0 aromatic heterocycles. The zero-order chi connectivity index (χ0) is 13.8. The average molecular weight is 325 g/mol. The summed E-state index contributed by atoms with van der Waals surface area (Å²) in [4.78, 5) is 17.1. The van der Waals surface area contributed by atoms with Crippen LogP contribution in [0, 0.1) is 5.92 Å². The maximum atomic E-state index is 11.9. The summed E-state index contributed by atoms with van der Waals surface area (Å²) in [5.41, 5.74) is 1.79. The van der Waals surface area contributed by atoms with Crippen LogP contribution < -0.4 is 5.32 Å². The van der Waals surface area contributed by atoms with Crippen molar-refractivity contribution in [2.75, 3.05) is 6.54 Å². The van der Waals surface area contributed by atoms with E-state index in [2.05, 4.69) is 40.2 Å². The number of halogens is 1. The Bertz CT molecular complexity index is 500. The first-order valence-corrected chi connectivity index (χ1v) is 7.12. The van der Waals surface area contributed by atoms with Crippen molar-refractivity contribution in [3.63, 3.8) is 0 Å². The van der Waals surface area contributed by atoms with Crippen molar-refractivity contribution in [2.24, 2.45) is 11.1 Å². The Balaban J connectivity index is 1.94. The summed E-state index contributed by atoms with van der Waals surface area (Å²) in [7, 11) is 0. The number of carbonyl (C=O) groups excluding carboxylic acids is 1. The summed E-state index contributed by atoms with van der Waals surface area (Å²) in [5, 5.41) is 6.87. The fourth-order valence-electron chi connectivity index (χ4n) is 1.78. The highest BCUT2D eigenvalue weighted by Gasteiger charge is 2.28. The Morgan fingerprint density at radius 3 is 3.05 bits per heavy atom. The molecule has 0 bridgehead atoms. The van der Waals surface area contributed by atoms with Gasteiger partial charge in [-0.25, -0.2) is 0 Å². The van der Waals surface area contributed by atoms with Gasteiger partial charge in [0.05, 0.1) is 5.71 Å². The van der Waals surface area contributed by atoms with E-state index >= 15 is 0 Å². The van der Waals surface area contributed by atoms with Crippen molar-refractivity contribution in [1.82, 2.24) is 5.32 Å². The molecule has 1 aliphatic heterocycles. The molecule has 102 valence electrons. The van der Waals surface area contributed by atoms with Gasteiger partial charge in [-0.3, -0.25) is 4.79 Å². The first-order valence-electron chi connectivity index (χ1n) is 6.32. The van der Waals surface area contributed by atoms with Gasteiger partial charge < -0.3 is 10.2 Å². The van der Waals surface area contributed by atoms with Gasteiger partial charge in [0.2, 0.25) is 6.10 Å². The van der Waals surface area contributed by atoms with E-state index in [0.29, 0.717) is 18.9 Å². The van der Waals surface area contributed by atoms with Crippen LogP contribution in [0.25, 0.3) is 0 Å². The topological polar surface area (TPSA) is 50.7 Å². The summed E-state index contributed by atoms with van der Waals surface area (Å²) in [5.74, 6) is 0.332. The molecule has 1 unspecified atom stereocenters. The van der Waals surface area contributed by atoms with E-state index in [-0.39, 0.29) is 5.91 Å². The molecule has 0 spiro atoms. The SMILES string of the molecule is CC(C)CNC(=O)C1CC(c2cccc(Br)c2)=NO1. The summed E-state index contributed by atoms with van der Waals surface area (Å²) >= 11 is 3.42. The second kappa shape index (κ2) is 6.19. The smallest absolute Gasteiger partial charge is 0.264 e. The molecule has 0 saturated carbocycles. The van der Waals surface area contributed by atoms with E-state index in [0.717, 1.165) is 15.7 Å². The first kappa shape index (κ1) is 14.1. The van der Waals surface area contributed by atoms with Crippen LogP contribution in [0.4, 0.5) is 0 Å². The largest absolute Gasteiger partial charge is 0.382 e. The van der Waals surface area contributed by atoms with Crippen molar-refractivity contribution in [3.05, 3.63) is 34.3 Å². The van der Waals surface area contributed by atoms with Gasteiger partial charge in [-0.1, -0.05) is 47.1 Å². The molecular formula is C14H17BrN2O2. The lowest BCUT2D eigenvalue weighted by molar-refractivity contribution is -0.131. The van der Waals surface area contributed by atoms with Gasteiger partial charge in [-0.15, -0.1) is 0 Å². The zero-order valence-corrected chi connectivity index (χ0v) is 12.6. The third-order valence-electron chi connectivity index (χ3n) is 2.80. The highest BCUT2D eigenvalue weighted by atomic mass is 79.9. The highest BCUT2D eigenvalue weighted by Crippen LogP contribution is 2.19. The summed E-state index contributed by atoms with van der Waals surface area (Å²) in [6.45, 7) is 4.77. The van der Waals surface area contributed by atoms with Gasteiger partial charge in [0.25, 0.3) is 5.91 Å². The number of benzene rings is 1. The van der Waals surface area contributed by atoms with Crippen LogP contribution in [-0.4, -0.2) is 24.3 Å². The van der Waals surface area contributed by atoms with Crippen molar-refractivity contribution in [3.8, 4) is 0 Å². The monoisotopic (exact) mass is 324 g/mol. The number of hydrogen-bond acceptors (Lipinski definition) is 3. The van der Waals surface area contributed by atoms with Crippen LogP contribution in [0.3, 0.4) is 0 Å². The average Bonchev–Trinajstić information content (AvgIpc) is 2.85. The maximum absolute atomic E-state index is 11.9. The molecule has 4 nitrogen and oxygen atoms in total. The Hall–Kier alpha value is -1.36. The fraction of sp³-hybridized carbons (Fsp3) is 0.429. The van der Waals surface area contributed by atoms with Crippen molar-refractivity contribution < 1.29 is 9.63 Å². The highest BCUT2D eigenvalue weighted by molar-refractivity contribution is 9.10. The van der Waals surface area contributed by atoms with E-state index < -0.39 is 6.10 Å². The van der Waals surface area contributed by atoms with Crippen molar-refractivity contribution in [1.29, 1.82) is 0 Å². The Morgan fingerprint density at radius 1 is 1.58 bits per heavy atom. The van der Waals surface area contributed by atoms with Crippen molar-refractivity contribution >= 4 is 27.5 Å². The molecule has 0 fully saturated rings. The van der Waals surface area contributed by atoms with Gasteiger partial charge in [-0.2, -0.15) is 0 Å². The molecule has 5 heteroatoms. The Morgan fingerprint density at radius 2 is 2.37 bits per heavy atom. The minimum atomic E-state index is -0.507. The maximum Gasteiger partial charge on any atom is 0.264 e. The fourth-order valence-corrected chi connectivity index (χ4v) is 2.17. The van der Waals surface area contributed by atoms with Gasteiger partial charge in [0.1, 0.15) is 0 Å². The van der Waals surface area contributed by atoms with E-state index in [1.54, 1.807) is 0 Å². The lowest BCUT2D eigenvalue weighted by Gasteiger charge is -2.10. The van der Waals surface area contributed by atoms with Gasteiger partial charge in [0, 0.05) is 23.0 Å². The van der Waals surface area contributed by atoms with Crippen LogP contribution in [0.2, 0.25) is 0 Å². The molecule has 19 heavy (non-hydrogen) atoms. The zero-order valence-electron chi connectivity index (χ0n) is 11.0. The molecule has 1 aromatic rings. The van der Waals surface area contributed by atoms with Crippen LogP contribution in [-0.2, 0) is 9.63 Å². The first-order chi connectivity index (χ1) is 9.06. The second-order valence-electron chi connectivity index (χ2n) is 4.99. The number of nitrogens with zero attached hydrogens (tertiary/aromatic N) is 1. The predicted molar refractivity (Wildman–Crippen MR) is 78.0 cm³/mol. The molecule has 1 N–H and O–H groups in total. The summed E-state index contributed by atoms with van der Waals surface area (Å²) in [6, 6.07) is 7.82. The lowest BCUT2D eigenvalue weighted by atomic mass is 10.0. The standard InChI is InChI=1S/C14H17BrN2O2/c1-9(2)8-16-14(18)13-7-12(17-19-13)10-4-3-5-11(15)6-10/h3-6,9,13H,7-8H2,1-2H3,(H,16,18). The number of nitrogens with one attached hydrogen (secondary N) is 1. The molecule has 1 atom stereocenters. The normalized spacial score (nSPS) is 18.1. The van der Waals surface area contributed by atoms with Crippen LogP contribution in [0.15, 0.2) is 33.9 Å². The molecule has 2 rings (SSSR count). The minimum absolute atomic E-state index is 0.0950. The van der Waals surface area contributed by atoms with E-state index in [4.69, 9.17) is 4.84 Å². The molecular weight excluding hydrogens is 308 g/mol. The molecule has 1 amide bonds. The molecule has 1 aromatic carbocycles. The molecule has 0 aliphatic carbocycles. The van der Waals surface area contributed by atoms with Crippen LogP contribution in [0.5, 0.6) is 0 Å². The van der Waals surface area contributed by atoms with E-state index in [1.165, 1.54) is 0 Å². The number of hydrogen-bond donors (Lipinski definition) is 1. The van der Waals surface area contributed by atoms with Gasteiger partial charge in [0.15, 0.2) is 0 Å². The van der Waals surface area contributed by atoms with Crippen LogP contribution in [0.1, 0.15) is 25.8 Å². The third kappa shape index (κ3) is 3.80. The number of amides is 1. The van der Waals surface area contributed by atoms with Gasteiger partial charge >= 0.3 is 0 Å². The number of rotatable bonds is 4. The van der Waals surface area contributed by atoms with Crippen LogP contribution >= 0.6 is 15.9 Å².